The van der Waals surface area contributed by atoms with E-state index in [0.29, 0.717) is 18.8 Å². The number of alkyl halides is 2. The lowest BCUT2D eigenvalue weighted by Gasteiger charge is -2.34. The van der Waals surface area contributed by atoms with Crippen molar-refractivity contribution in [1.29, 1.82) is 0 Å². The number of hydrogen-bond acceptors (Lipinski definition) is 3. The molecule has 0 aromatic carbocycles. The second-order valence-electron chi connectivity index (χ2n) is 6.28. The minimum atomic E-state index is -2.47. The highest BCUT2D eigenvalue weighted by Crippen LogP contribution is 2.38. The molecule has 0 aliphatic heterocycles. The molecular formula is C15H26F2N4. The number of nitrogens with zero attached hydrogens (tertiary/aromatic N) is 3. The van der Waals surface area contributed by atoms with Crippen LogP contribution in [0.3, 0.4) is 0 Å². The smallest absolute Gasteiger partial charge is 0.248 e. The Balaban J connectivity index is 2.04. The predicted octanol–water partition coefficient (Wildman–Crippen LogP) is 3.21. The van der Waals surface area contributed by atoms with E-state index >= 15 is 0 Å². The summed E-state index contributed by atoms with van der Waals surface area (Å²) in [4.78, 5) is 4.35. The molecule has 1 aromatic heterocycles. The van der Waals surface area contributed by atoms with Crippen LogP contribution in [-0.2, 0) is 6.42 Å². The van der Waals surface area contributed by atoms with Gasteiger partial charge in [-0.2, -0.15) is 5.10 Å². The standard InChI is InChI=1S/C15H26F2N4/c1-4-18-13(12-5-7-15(16,17)8-6-12)9-14-19-10-20-21(14)11(2)3/h10-13,18H,4-9H2,1-3H3. The van der Waals surface area contributed by atoms with Crippen molar-refractivity contribution in [3.63, 3.8) is 0 Å². The van der Waals surface area contributed by atoms with Crippen LogP contribution in [0.2, 0.25) is 0 Å². The second kappa shape index (κ2) is 6.81. The van der Waals surface area contributed by atoms with E-state index in [1.54, 1.807) is 6.33 Å². The van der Waals surface area contributed by atoms with E-state index in [1.165, 1.54) is 0 Å². The summed E-state index contributed by atoms with van der Waals surface area (Å²) in [6.45, 7) is 7.04. The second-order valence-corrected chi connectivity index (χ2v) is 6.28. The minimum absolute atomic E-state index is 0.0103. The molecule has 1 N–H and O–H groups in total. The van der Waals surface area contributed by atoms with Gasteiger partial charge in [0.15, 0.2) is 0 Å². The fourth-order valence-corrected chi connectivity index (χ4v) is 3.18. The highest BCUT2D eigenvalue weighted by Gasteiger charge is 2.37. The van der Waals surface area contributed by atoms with E-state index < -0.39 is 5.92 Å². The molecule has 6 heteroatoms. The van der Waals surface area contributed by atoms with Gasteiger partial charge in [-0.25, -0.2) is 18.4 Å². The summed E-state index contributed by atoms with van der Waals surface area (Å²) < 4.78 is 28.6. The lowest BCUT2D eigenvalue weighted by Crippen LogP contribution is -2.42. The molecule has 0 bridgehead atoms. The third-order valence-electron chi connectivity index (χ3n) is 4.34. The van der Waals surface area contributed by atoms with Crippen LogP contribution in [0.15, 0.2) is 6.33 Å². The van der Waals surface area contributed by atoms with Crippen molar-refractivity contribution >= 4 is 0 Å². The molecule has 4 nitrogen and oxygen atoms in total. The number of nitrogens with one attached hydrogen (secondary N) is 1. The zero-order chi connectivity index (χ0) is 15.5. The van der Waals surface area contributed by atoms with Crippen LogP contribution in [0.25, 0.3) is 0 Å². The van der Waals surface area contributed by atoms with Gasteiger partial charge in [-0.1, -0.05) is 6.92 Å². The fourth-order valence-electron chi connectivity index (χ4n) is 3.18. The average molecular weight is 300 g/mol. The first-order valence-corrected chi connectivity index (χ1v) is 7.92. The Labute approximate surface area is 125 Å². The van der Waals surface area contributed by atoms with Gasteiger partial charge in [-0.05, 0) is 39.2 Å². The van der Waals surface area contributed by atoms with Crippen LogP contribution >= 0.6 is 0 Å². The van der Waals surface area contributed by atoms with Gasteiger partial charge in [0.25, 0.3) is 0 Å². The van der Waals surface area contributed by atoms with E-state index in [1.807, 2.05) is 4.68 Å². The lowest BCUT2D eigenvalue weighted by molar-refractivity contribution is -0.0495. The molecule has 1 aromatic rings. The summed E-state index contributed by atoms with van der Waals surface area (Å²) in [7, 11) is 0. The summed E-state index contributed by atoms with van der Waals surface area (Å²) in [6, 6.07) is 0.466. The Morgan fingerprint density at radius 1 is 1.38 bits per heavy atom. The van der Waals surface area contributed by atoms with Crippen molar-refractivity contribution < 1.29 is 8.78 Å². The Hall–Kier alpha value is -1.04. The summed E-state index contributed by atoms with van der Waals surface area (Å²) in [5.74, 6) is -1.24. The topological polar surface area (TPSA) is 42.7 Å². The van der Waals surface area contributed by atoms with Gasteiger partial charge in [-0.3, -0.25) is 0 Å². The molecule has 1 atom stereocenters. The van der Waals surface area contributed by atoms with Crippen LogP contribution in [0.1, 0.15) is 58.3 Å². The Kier molecular flexibility index (Phi) is 5.30. The SMILES string of the molecule is CCNC(Cc1ncnn1C(C)C)C1CCC(F)(F)CC1. The molecule has 0 radical (unpaired) electrons. The summed E-state index contributed by atoms with van der Waals surface area (Å²) >= 11 is 0. The molecule has 0 amide bonds. The molecule has 1 saturated carbocycles. The summed E-state index contributed by atoms with van der Waals surface area (Å²) in [6.07, 6.45) is 3.52. The largest absolute Gasteiger partial charge is 0.314 e. The molecule has 0 spiro atoms. The van der Waals surface area contributed by atoms with Crippen LogP contribution in [0.5, 0.6) is 0 Å². The third kappa shape index (κ3) is 4.22. The number of halogens is 2. The van der Waals surface area contributed by atoms with Crippen molar-refractivity contribution in [2.45, 2.75) is 70.9 Å². The maximum absolute atomic E-state index is 13.3. The summed E-state index contributed by atoms with van der Waals surface area (Å²) in [5.41, 5.74) is 0. The van der Waals surface area contributed by atoms with Gasteiger partial charge in [0.2, 0.25) is 5.92 Å². The monoisotopic (exact) mass is 300 g/mol. The van der Waals surface area contributed by atoms with E-state index in [9.17, 15) is 8.78 Å². The highest BCUT2D eigenvalue weighted by atomic mass is 19.3. The van der Waals surface area contributed by atoms with Gasteiger partial charge in [-0.15, -0.1) is 0 Å². The first-order chi connectivity index (χ1) is 9.93. The highest BCUT2D eigenvalue weighted by molar-refractivity contribution is 4.95. The van der Waals surface area contributed by atoms with Crippen molar-refractivity contribution in [3.8, 4) is 0 Å². The predicted molar refractivity (Wildman–Crippen MR) is 78.5 cm³/mol. The molecule has 1 fully saturated rings. The van der Waals surface area contributed by atoms with Crippen LogP contribution < -0.4 is 5.32 Å². The van der Waals surface area contributed by atoms with Crippen LogP contribution in [0, 0.1) is 5.92 Å². The molecule has 0 saturated heterocycles. The Morgan fingerprint density at radius 2 is 2.05 bits per heavy atom. The maximum atomic E-state index is 13.3. The Bertz CT molecular complexity index is 435. The Morgan fingerprint density at radius 3 is 2.62 bits per heavy atom. The molecular weight excluding hydrogens is 274 g/mol. The van der Waals surface area contributed by atoms with E-state index in [-0.39, 0.29) is 24.9 Å². The number of rotatable bonds is 6. The zero-order valence-electron chi connectivity index (χ0n) is 13.1. The fraction of sp³-hybridized carbons (Fsp3) is 0.867. The van der Waals surface area contributed by atoms with Gasteiger partial charge in [0, 0.05) is 31.3 Å². The van der Waals surface area contributed by atoms with Gasteiger partial charge < -0.3 is 5.32 Å². The first kappa shape index (κ1) is 16.3. The molecule has 1 heterocycles. The van der Waals surface area contributed by atoms with Crippen LogP contribution in [0.4, 0.5) is 8.78 Å². The van der Waals surface area contributed by atoms with E-state index in [4.69, 9.17) is 0 Å². The number of aromatic nitrogens is 3. The van der Waals surface area contributed by atoms with Crippen molar-refractivity contribution in [1.82, 2.24) is 20.1 Å². The zero-order valence-corrected chi connectivity index (χ0v) is 13.1. The quantitative estimate of drug-likeness (QED) is 0.877. The number of hydrogen-bond donors (Lipinski definition) is 1. The molecule has 2 rings (SSSR count). The van der Waals surface area contributed by atoms with E-state index in [2.05, 4.69) is 36.2 Å². The molecule has 1 aliphatic rings. The van der Waals surface area contributed by atoms with Gasteiger partial charge in [0.1, 0.15) is 12.2 Å². The van der Waals surface area contributed by atoms with Gasteiger partial charge >= 0.3 is 0 Å². The number of likely N-dealkylation sites (N-methyl/N-ethyl adjacent to an activating group) is 1. The lowest BCUT2D eigenvalue weighted by atomic mass is 9.81. The average Bonchev–Trinajstić information content (AvgIpc) is 2.87. The molecule has 120 valence electrons. The van der Waals surface area contributed by atoms with Crippen molar-refractivity contribution in [2.24, 2.45) is 5.92 Å². The molecule has 1 aliphatic carbocycles. The summed E-state index contributed by atoms with van der Waals surface area (Å²) in [5, 5.41) is 7.71. The van der Waals surface area contributed by atoms with Crippen molar-refractivity contribution in [2.75, 3.05) is 6.54 Å². The normalized spacial score (nSPS) is 20.9. The van der Waals surface area contributed by atoms with Crippen molar-refractivity contribution in [3.05, 3.63) is 12.2 Å². The minimum Gasteiger partial charge on any atom is -0.314 e. The van der Waals surface area contributed by atoms with Gasteiger partial charge in [0.05, 0.1) is 0 Å². The molecule has 1 unspecified atom stereocenters. The molecule has 21 heavy (non-hydrogen) atoms. The van der Waals surface area contributed by atoms with Crippen LogP contribution in [-0.4, -0.2) is 33.3 Å². The maximum Gasteiger partial charge on any atom is 0.248 e. The van der Waals surface area contributed by atoms with E-state index in [0.717, 1.165) is 18.8 Å². The first-order valence-electron chi connectivity index (χ1n) is 7.92. The third-order valence-corrected chi connectivity index (χ3v) is 4.34.